The van der Waals surface area contributed by atoms with Crippen molar-refractivity contribution in [3.63, 3.8) is 0 Å². The molecule has 2 aromatic carbocycles. The van der Waals surface area contributed by atoms with E-state index in [0.29, 0.717) is 18.0 Å². The highest BCUT2D eigenvalue weighted by atomic mass is 32.2. The second-order valence-electron chi connectivity index (χ2n) is 9.36. The van der Waals surface area contributed by atoms with Crippen molar-refractivity contribution in [1.29, 1.82) is 0 Å². The number of aryl methyl sites for hydroxylation is 1. The Kier molecular flexibility index (Phi) is 6.95. The quantitative estimate of drug-likeness (QED) is 0.701. The number of ether oxygens (including phenoxy) is 1. The van der Waals surface area contributed by atoms with E-state index in [2.05, 4.69) is 29.3 Å². The highest BCUT2D eigenvalue weighted by Crippen LogP contribution is 2.35. The number of fused-ring (bicyclic) bond motifs is 1. The van der Waals surface area contributed by atoms with Gasteiger partial charge in [0.25, 0.3) is 5.91 Å². The molecule has 1 amide bonds. The van der Waals surface area contributed by atoms with Crippen molar-refractivity contribution in [2.45, 2.75) is 45.9 Å². The number of nitrogens with zero attached hydrogens (tertiary/aromatic N) is 2. The molecule has 2 aliphatic heterocycles. The molecule has 2 aliphatic rings. The van der Waals surface area contributed by atoms with Gasteiger partial charge in [0, 0.05) is 13.1 Å². The summed E-state index contributed by atoms with van der Waals surface area (Å²) in [5.74, 6) is 0.887. The SMILES string of the molecule is Cc1ccc2c(c1)N(S(C)(=O)=O)CC(C(=O)NCc1ccc(CN3CCC(C)CC3)cc1)O2. The summed E-state index contributed by atoms with van der Waals surface area (Å²) in [4.78, 5) is 15.3. The normalized spacial score (nSPS) is 19.6. The Balaban J connectivity index is 1.35. The maximum absolute atomic E-state index is 12.8. The lowest BCUT2D eigenvalue weighted by Gasteiger charge is -2.34. The van der Waals surface area contributed by atoms with E-state index in [4.69, 9.17) is 4.74 Å². The third-order valence-electron chi connectivity index (χ3n) is 6.45. The van der Waals surface area contributed by atoms with Gasteiger partial charge in [-0.2, -0.15) is 0 Å². The fourth-order valence-corrected chi connectivity index (χ4v) is 5.26. The van der Waals surface area contributed by atoms with Crippen LogP contribution < -0.4 is 14.4 Å². The Morgan fingerprint density at radius 2 is 1.76 bits per heavy atom. The molecule has 0 spiro atoms. The van der Waals surface area contributed by atoms with Crippen LogP contribution in [0.1, 0.15) is 36.5 Å². The molecule has 33 heavy (non-hydrogen) atoms. The van der Waals surface area contributed by atoms with Crippen LogP contribution in [0, 0.1) is 12.8 Å². The van der Waals surface area contributed by atoms with Crippen molar-refractivity contribution < 1.29 is 17.9 Å². The van der Waals surface area contributed by atoms with E-state index in [1.54, 1.807) is 12.1 Å². The molecule has 1 fully saturated rings. The molecule has 4 rings (SSSR count). The highest BCUT2D eigenvalue weighted by molar-refractivity contribution is 7.92. The Hall–Kier alpha value is -2.58. The lowest BCUT2D eigenvalue weighted by Crippen LogP contribution is -2.50. The lowest BCUT2D eigenvalue weighted by molar-refractivity contribution is -0.127. The van der Waals surface area contributed by atoms with Crippen molar-refractivity contribution in [3.8, 4) is 5.75 Å². The van der Waals surface area contributed by atoms with Crippen LogP contribution in [-0.2, 0) is 27.9 Å². The second-order valence-corrected chi connectivity index (χ2v) is 11.3. The molecule has 7 nitrogen and oxygen atoms in total. The van der Waals surface area contributed by atoms with Gasteiger partial charge in [0.15, 0.2) is 6.10 Å². The minimum Gasteiger partial charge on any atom is -0.476 e. The fraction of sp³-hybridized carbons (Fsp3) is 0.480. The van der Waals surface area contributed by atoms with Crippen LogP contribution in [0.15, 0.2) is 42.5 Å². The summed E-state index contributed by atoms with van der Waals surface area (Å²) in [6.45, 7) is 7.76. The zero-order valence-electron chi connectivity index (χ0n) is 19.6. The van der Waals surface area contributed by atoms with Crippen LogP contribution in [0.4, 0.5) is 5.69 Å². The molecular formula is C25H33N3O4S. The Morgan fingerprint density at radius 3 is 2.42 bits per heavy atom. The van der Waals surface area contributed by atoms with E-state index >= 15 is 0 Å². The summed E-state index contributed by atoms with van der Waals surface area (Å²) in [6, 6.07) is 13.6. The van der Waals surface area contributed by atoms with Crippen molar-refractivity contribution in [3.05, 3.63) is 59.2 Å². The standard InChI is InChI=1S/C25H33N3O4S/c1-18-10-12-27(13-11-18)16-21-7-5-20(6-8-21)15-26-25(29)24-17-28(33(3,30)31)22-14-19(2)4-9-23(22)32-24/h4-9,14,18,24H,10-13,15-17H2,1-3H3,(H,26,29). The number of piperidine rings is 1. The van der Waals surface area contributed by atoms with Gasteiger partial charge >= 0.3 is 0 Å². The first-order chi connectivity index (χ1) is 15.7. The molecule has 1 N–H and O–H groups in total. The smallest absolute Gasteiger partial charge is 0.263 e. The van der Waals surface area contributed by atoms with E-state index in [1.807, 2.05) is 25.1 Å². The largest absolute Gasteiger partial charge is 0.476 e. The van der Waals surface area contributed by atoms with Gasteiger partial charge in [0.1, 0.15) is 5.75 Å². The van der Waals surface area contributed by atoms with Gasteiger partial charge in [-0.25, -0.2) is 8.42 Å². The molecular weight excluding hydrogens is 438 g/mol. The van der Waals surface area contributed by atoms with E-state index < -0.39 is 16.1 Å². The Morgan fingerprint density at radius 1 is 1.09 bits per heavy atom. The molecule has 0 bridgehead atoms. The predicted octanol–water partition coefficient (Wildman–Crippen LogP) is 3.07. The number of carbonyl (C=O) groups is 1. The average Bonchev–Trinajstić information content (AvgIpc) is 2.78. The summed E-state index contributed by atoms with van der Waals surface area (Å²) in [6.07, 6.45) is 2.75. The molecule has 0 saturated carbocycles. The lowest BCUT2D eigenvalue weighted by atomic mass is 9.99. The molecule has 2 heterocycles. The number of nitrogens with one attached hydrogen (secondary N) is 1. The van der Waals surface area contributed by atoms with Crippen molar-refractivity contribution in [1.82, 2.24) is 10.2 Å². The fourth-order valence-electron chi connectivity index (χ4n) is 4.36. The first-order valence-corrected chi connectivity index (χ1v) is 13.4. The van der Waals surface area contributed by atoms with Gasteiger partial charge in [-0.15, -0.1) is 0 Å². The maximum Gasteiger partial charge on any atom is 0.263 e. The predicted molar refractivity (Wildman–Crippen MR) is 130 cm³/mol. The number of hydrogen-bond donors (Lipinski definition) is 1. The number of hydrogen-bond acceptors (Lipinski definition) is 5. The second kappa shape index (κ2) is 9.73. The van der Waals surface area contributed by atoms with E-state index in [1.165, 1.54) is 22.7 Å². The van der Waals surface area contributed by atoms with Crippen molar-refractivity contribution >= 4 is 21.6 Å². The molecule has 0 aliphatic carbocycles. The minimum atomic E-state index is -3.54. The minimum absolute atomic E-state index is 0.0471. The number of benzene rings is 2. The van der Waals surface area contributed by atoms with E-state index in [0.717, 1.165) is 42.9 Å². The van der Waals surface area contributed by atoms with Gasteiger partial charge < -0.3 is 10.1 Å². The summed E-state index contributed by atoms with van der Waals surface area (Å²) in [7, 11) is -3.54. The summed E-state index contributed by atoms with van der Waals surface area (Å²) < 4.78 is 31.8. The average molecular weight is 472 g/mol. The molecule has 1 saturated heterocycles. The molecule has 1 atom stereocenters. The van der Waals surface area contributed by atoms with Crippen molar-refractivity contribution in [2.75, 3.05) is 30.2 Å². The Labute approximate surface area is 196 Å². The first-order valence-electron chi connectivity index (χ1n) is 11.5. The van der Waals surface area contributed by atoms with Gasteiger partial charge in [-0.3, -0.25) is 14.0 Å². The molecule has 8 heteroatoms. The number of rotatable bonds is 6. The van der Waals surface area contributed by atoms with Gasteiger partial charge in [-0.1, -0.05) is 37.3 Å². The number of amides is 1. The number of sulfonamides is 1. The summed E-state index contributed by atoms with van der Waals surface area (Å²) in [5.41, 5.74) is 3.66. The highest BCUT2D eigenvalue weighted by Gasteiger charge is 2.35. The zero-order chi connectivity index (χ0) is 23.6. The van der Waals surface area contributed by atoms with Crippen LogP contribution in [0.2, 0.25) is 0 Å². The molecule has 2 aromatic rings. The van der Waals surface area contributed by atoms with Crippen LogP contribution in [0.5, 0.6) is 5.75 Å². The number of anilines is 1. The van der Waals surface area contributed by atoms with E-state index in [9.17, 15) is 13.2 Å². The van der Waals surface area contributed by atoms with Crippen LogP contribution >= 0.6 is 0 Å². The summed E-state index contributed by atoms with van der Waals surface area (Å²) in [5, 5.41) is 2.89. The number of carbonyl (C=O) groups excluding carboxylic acids is 1. The molecule has 0 aromatic heterocycles. The maximum atomic E-state index is 12.8. The monoisotopic (exact) mass is 471 g/mol. The van der Waals surface area contributed by atoms with E-state index in [-0.39, 0.29) is 12.5 Å². The third kappa shape index (κ3) is 5.86. The first kappa shape index (κ1) is 23.6. The van der Waals surface area contributed by atoms with Crippen LogP contribution in [0.25, 0.3) is 0 Å². The molecule has 0 radical (unpaired) electrons. The van der Waals surface area contributed by atoms with Gasteiger partial charge in [0.2, 0.25) is 10.0 Å². The zero-order valence-corrected chi connectivity index (χ0v) is 20.4. The molecule has 1 unspecified atom stereocenters. The van der Waals surface area contributed by atoms with Crippen molar-refractivity contribution in [2.24, 2.45) is 5.92 Å². The van der Waals surface area contributed by atoms with Crippen LogP contribution in [0.3, 0.4) is 0 Å². The molecule has 178 valence electrons. The topological polar surface area (TPSA) is 79.0 Å². The van der Waals surface area contributed by atoms with Gasteiger partial charge in [0.05, 0.1) is 18.5 Å². The summed E-state index contributed by atoms with van der Waals surface area (Å²) >= 11 is 0. The Bertz CT molecular complexity index is 1090. The van der Waals surface area contributed by atoms with Gasteiger partial charge in [-0.05, 0) is 67.6 Å². The third-order valence-corrected chi connectivity index (χ3v) is 7.60. The number of likely N-dealkylation sites (tertiary alicyclic amines) is 1. The van der Waals surface area contributed by atoms with Crippen LogP contribution in [-0.4, -0.2) is 51.2 Å².